The molecule has 0 unspecified atom stereocenters. The first-order chi connectivity index (χ1) is 19.7. The van der Waals surface area contributed by atoms with Crippen LogP contribution in [0.3, 0.4) is 0 Å². The summed E-state index contributed by atoms with van der Waals surface area (Å²) in [7, 11) is 0. The first-order valence-corrected chi connectivity index (χ1v) is 14.8. The highest BCUT2D eigenvalue weighted by Gasteiger charge is 2.42. The minimum absolute atomic E-state index is 0.117. The number of carbonyl (C=O) groups is 1. The first kappa shape index (κ1) is 29.0. The number of halogens is 1. The number of hydrogen-bond acceptors (Lipinski definition) is 5. The Labute approximate surface area is 252 Å². The minimum Gasteiger partial charge on any atom is -0.490 e. The van der Waals surface area contributed by atoms with Crippen LogP contribution in [0.4, 0.5) is 11.4 Å². The summed E-state index contributed by atoms with van der Waals surface area (Å²) in [4.78, 5) is 16.0. The minimum atomic E-state index is -0.458. The van der Waals surface area contributed by atoms with Crippen LogP contribution < -0.4 is 25.0 Å². The maximum Gasteiger partial charge on any atom is 0.174 e. The Balaban J connectivity index is 1.63. The van der Waals surface area contributed by atoms with Crippen molar-refractivity contribution in [1.82, 2.24) is 5.32 Å². The molecule has 1 aliphatic carbocycles. The quantitative estimate of drug-likeness (QED) is 0.272. The van der Waals surface area contributed by atoms with Gasteiger partial charge < -0.3 is 25.0 Å². The van der Waals surface area contributed by atoms with Gasteiger partial charge in [-0.3, -0.25) is 4.79 Å². The number of ketones is 1. The van der Waals surface area contributed by atoms with Crippen LogP contribution in [0, 0.1) is 5.41 Å². The standard InChI is InChI=1S/C33H36ClN3O3S/c1-5-35-32(41)37-26-10-8-7-9-24(26)36-25-18-33(3,4)19-27(38)30(25)31(37)22-13-16-28(29(17-22)39-6-2)40-20-21-11-14-23(34)15-12-21/h7-17,31,36H,5-6,18-20H2,1-4H3,(H,35,41)/t31-/m0/s1. The fourth-order valence-corrected chi connectivity index (χ4v) is 6.06. The molecule has 0 spiro atoms. The van der Waals surface area contributed by atoms with Crippen LogP contribution in [0.2, 0.25) is 5.02 Å². The summed E-state index contributed by atoms with van der Waals surface area (Å²) in [5.74, 6) is 1.36. The largest absolute Gasteiger partial charge is 0.490 e. The summed E-state index contributed by atoms with van der Waals surface area (Å²) < 4.78 is 12.3. The van der Waals surface area contributed by atoms with Crippen LogP contribution in [-0.2, 0) is 11.4 Å². The van der Waals surface area contributed by atoms with Crippen molar-refractivity contribution in [2.45, 2.75) is 53.2 Å². The number of benzene rings is 3. The van der Waals surface area contributed by atoms with E-state index in [1.54, 1.807) is 0 Å². The Morgan fingerprint density at radius 2 is 1.80 bits per heavy atom. The molecule has 3 aromatic carbocycles. The van der Waals surface area contributed by atoms with Crippen LogP contribution in [-0.4, -0.2) is 24.0 Å². The number of allylic oxidation sites excluding steroid dienone is 1. The zero-order chi connectivity index (χ0) is 29.1. The summed E-state index contributed by atoms with van der Waals surface area (Å²) in [6, 6.07) is 21.1. The Morgan fingerprint density at radius 3 is 2.54 bits per heavy atom. The van der Waals surface area contributed by atoms with E-state index in [1.807, 2.05) is 80.6 Å². The van der Waals surface area contributed by atoms with Crippen molar-refractivity contribution in [3.63, 3.8) is 0 Å². The zero-order valence-corrected chi connectivity index (χ0v) is 25.5. The Morgan fingerprint density at radius 1 is 1.05 bits per heavy atom. The van der Waals surface area contributed by atoms with Crippen molar-refractivity contribution in [3.8, 4) is 11.5 Å². The Kier molecular flexibility index (Phi) is 8.57. The number of nitrogens with zero attached hydrogens (tertiary/aromatic N) is 1. The molecule has 0 bridgehead atoms. The summed E-state index contributed by atoms with van der Waals surface area (Å²) in [5.41, 5.74) is 5.23. The number of carbonyl (C=O) groups excluding carboxylic acids is 1. The molecule has 2 aliphatic rings. The third-order valence-corrected chi connectivity index (χ3v) is 7.93. The molecule has 0 saturated heterocycles. The van der Waals surface area contributed by atoms with Gasteiger partial charge in [0.1, 0.15) is 6.61 Å². The van der Waals surface area contributed by atoms with Crippen molar-refractivity contribution in [3.05, 3.63) is 94.1 Å². The zero-order valence-electron chi connectivity index (χ0n) is 23.9. The molecule has 6 nitrogen and oxygen atoms in total. The highest BCUT2D eigenvalue weighted by molar-refractivity contribution is 7.80. The number of nitrogens with one attached hydrogen (secondary N) is 2. The van der Waals surface area contributed by atoms with Gasteiger partial charge in [-0.1, -0.05) is 55.8 Å². The number of fused-ring (bicyclic) bond motifs is 1. The van der Waals surface area contributed by atoms with Crippen LogP contribution in [0.15, 0.2) is 78.0 Å². The van der Waals surface area contributed by atoms with E-state index in [2.05, 4.69) is 29.4 Å². The van der Waals surface area contributed by atoms with Crippen LogP contribution in [0.25, 0.3) is 0 Å². The van der Waals surface area contributed by atoms with E-state index in [0.717, 1.165) is 40.2 Å². The van der Waals surface area contributed by atoms with Crippen LogP contribution in [0.5, 0.6) is 11.5 Å². The van der Waals surface area contributed by atoms with Crippen LogP contribution in [0.1, 0.15) is 57.7 Å². The third kappa shape index (κ3) is 6.21. The summed E-state index contributed by atoms with van der Waals surface area (Å²) >= 11 is 12.0. The molecule has 3 aromatic rings. The topological polar surface area (TPSA) is 62.8 Å². The molecule has 0 radical (unpaired) electrons. The average Bonchev–Trinajstić information content (AvgIpc) is 3.07. The van der Waals surface area contributed by atoms with Crippen molar-refractivity contribution >= 4 is 46.1 Å². The lowest BCUT2D eigenvalue weighted by Gasteiger charge is -2.38. The van der Waals surface area contributed by atoms with Crippen molar-refractivity contribution in [2.24, 2.45) is 5.41 Å². The lowest BCUT2D eigenvalue weighted by atomic mass is 9.73. The SMILES string of the molecule is CCNC(=S)N1c2ccccc2NC2=C(C(=O)CC(C)(C)C2)[C@@H]1c1ccc(OCc2ccc(Cl)cc2)c(OCC)c1. The lowest BCUT2D eigenvalue weighted by Crippen LogP contribution is -2.44. The predicted octanol–water partition coefficient (Wildman–Crippen LogP) is 7.83. The molecular weight excluding hydrogens is 554 g/mol. The monoisotopic (exact) mass is 589 g/mol. The number of hydrogen-bond donors (Lipinski definition) is 2. The maximum absolute atomic E-state index is 14.0. The van der Waals surface area contributed by atoms with Gasteiger partial charge in [0.05, 0.1) is 24.0 Å². The number of ether oxygens (including phenoxy) is 2. The number of para-hydroxylation sites is 2. The number of thiocarbonyl (C=S) groups is 1. The molecule has 0 fully saturated rings. The third-order valence-electron chi connectivity index (χ3n) is 7.34. The summed E-state index contributed by atoms with van der Waals surface area (Å²) in [6.07, 6.45) is 1.21. The second kappa shape index (κ2) is 12.1. The molecule has 0 aromatic heterocycles. The van der Waals surface area contributed by atoms with Gasteiger partial charge >= 0.3 is 0 Å². The van der Waals surface area contributed by atoms with Crippen molar-refractivity contribution in [1.29, 1.82) is 0 Å². The van der Waals surface area contributed by atoms with Gasteiger partial charge in [0, 0.05) is 29.3 Å². The molecule has 2 N–H and O–H groups in total. The van der Waals surface area contributed by atoms with Gasteiger partial charge in [0.2, 0.25) is 0 Å². The molecule has 1 atom stereocenters. The highest BCUT2D eigenvalue weighted by atomic mass is 35.5. The first-order valence-electron chi connectivity index (χ1n) is 14.0. The van der Waals surface area contributed by atoms with E-state index in [4.69, 9.17) is 33.3 Å². The second-order valence-electron chi connectivity index (χ2n) is 11.1. The lowest BCUT2D eigenvalue weighted by molar-refractivity contribution is -0.118. The Hall–Kier alpha value is -3.55. The van der Waals surface area contributed by atoms with Gasteiger partial charge in [-0.15, -0.1) is 0 Å². The molecule has 41 heavy (non-hydrogen) atoms. The molecule has 5 rings (SSSR count). The van der Waals surface area contributed by atoms with E-state index >= 15 is 0 Å². The molecule has 1 heterocycles. The van der Waals surface area contributed by atoms with E-state index in [0.29, 0.717) is 47.8 Å². The maximum atomic E-state index is 14.0. The molecule has 0 saturated carbocycles. The van der Waals surface area contributed by atoms with Gasteiger partial charge in [0.15, 0.2) is 22.4 Å². The van der Waals surface area contributed by atoms with E-state index in [1.165, 1.54) is 0 Å². The fourth-order valence-electron chi connectivity index (χ4n) is 5.59. The van der Waals surface area contributed by atoms with Crippen LogP contribution >= 0.6 is 23.8 Å². The van der Waals surface area contributed by atoms with Gasteiger partial charge in [0.25, 0.3) is 0 Å². The van der Waals surface area contributed by atoms with E-state index < -0.39 is 6.04 Å². The van der Waals surface area contributed by atoms with E-state index in [9.17, 15) is 4.79 Å². The Bertz CT molecular complexity index is 1490. The molecule has 0 amide bonds. The number of rotatable bonds is 7. The van der Waals surface area contributed by atoms with Gasteiger partial charge in [-0.05, 0) is 85.4 Å². The molecule has 8 heteroatoms. The normalized spacial score (nSPS) is 17.6. The fraction of sp³-hybridized carbons (Fsp3) is 0.333. The highest BCUT2D eigenvalue weighted by Crippen LogP contribution is 2.49. The molecular formula is C33H36ClN3O3S. The smallest absolute Gasteiger partial charge is 0.174 e. The molecule has 1 aliphatic heterocycles. The van der Waals surface area contributed by atoms with Gasteiger partial charge in [-0.2, -0.15) is 0 Å². The van der Waals surface area contributed by atoms with Crippen molar-refractivity contribution in [2.75, 3.05) is 23.4 Å². The number of anilines is 2. The predicted molar refractivity (Wildman–Crippen MR) is 170 cm³/mol. The summed E-state index contributed by atoms with van der Waals surface area (Å²) in [5, 5.41) is 8.20. The van der Waals surface area contributed by atoms with Gasteiger partial charge in [-0.25, -0.2) is 0 Å². The summed E-state index contributed by atoms with van der Waals surface area (Å²) in [6.45, 7) is 9.75. The second-order valence-corrected chi connectivity index (χ2v) is 12.0. The van der Waals surface area contributed by atoms with E-state index in [-0.39, 0.29) is 11.2 Å². The average molecular weight is 590 g/mol. The van der Waals surface area contributed by atoms with Crippen molar-refractivity contribution < 1.29 is 14.3 Å². The number of Topliss-reactive ketones (excluding diaryl/α,β-unsaturated/α-hetero) is 1. The molecule has 214 valence electrons.